The van der Waals surface area contributed by atoms with Crippen molar-refractivity contribution in [2.75, 3.05) is 6.54 Å². The van der Waals surface area contributed by atoms with Gasteiger partial charge in [0.25, 0.3) is 0 Å². The van der Waals surface area contributed by atoms with Crippen LogP contribution in [0, 0.1) is 0 Å². The summed E-state index contributed by atoms with van der Waals surface area (Å²) in [6.45, 7) is 5.30. The second kappa shape index (κ2) is 8.14. The monoisotopic (exact) mass is 341 g/mol. The molecular formula is C19H27N5O. The van der Waals surface area contributed by atoms with Gasteiger partial charge in [0.2, 0.25) is 0 Å². The molecule has 0 bridgehead atoms. The number of nitrogens with zero attached hydrogens (tertiary/aromatic N) is 3. The molecule has 1 aromatic heterocycles. The lowest BCUT2D eigenvalue weighted by Gasteiger charge is -2.20. The minimum Gasteiger partial charge on any atom is -0.336 e. The molecule has 1 aliphatic carbocycles. The first-order chi connectivity index (χ1) is 12.2. The number of aryl methyl sites for hydroxylation is 3. The zero-order valence-corrected chi connectivity index (χ0v) is 15.1. The number of fused-ring (bicyclic) bond motifs is 1. The van der Waals surface area contributed by atoms with Gasteiger partial charge in [0.15, 0.2) is 0 Å². The number of nitrogens with one attached hydrogen (secondary N) is 2. The lowest BCUT2D eigenvalue weighted by molar-refractivity contribution is 0.237. The molecule has 0 saturated heterocycles. The zero-order chi connectivity index (χ0) is 17.6. The highest BCUT2D eigenvalue weighted by molar-refractivity contribution is 5.74. The lowest BCUT2D eigenvalue weighted by atomic mass is 9.89. The van der Waals surface area contributed by atoms with E-state index in [1.165, 1.54) is 36.0 Å². The maximum Gasteiger partial charge on any atom is 0.315 e. The Hall–Kier alpha value is -2.37. The van der Waals surface area contributed by atoms with Gasteiger partial charge in [-0.1, -0.05) is 25.1 Å². The Morgan fingerprint density at radius 3 is 2.88 bits per heavy atom. The summed E-state index contributed by atoms with van der Waals surface area (Å²) in [5.41, 5.74) is 4.08. The predicted molar refractivity (Wildman–Crippen MR) is 97.4 cm³/mol. The van der Waals surface area contributed by atoms with Crippen molar-refractivity contribution in [3.63, 3.8) is 0 Å². The summed E-state index contributed by atoms with van der Waals surface area (Å²) < 4.78 is 1.97. The van der Waals surface area contributed by atoms with Crippen molar-refractivity contribution < 1.29 is 4.79 Å². The highest BCUT2D eigenvalue weighted by atomic mass is 16.2. The third-order valence-corrected chi connectivity index (χ3v) is 4.87. The highest BCUT2D eigenvalue weighted by Crippen LogP contribution is 2.24. The van der Waals surface area contributed by atoms with E-state index in [0.717, 1.165) is 18.7 Å². The second-order valence-corrected chi connectivity index (χ2v) is 6.65. The van der Waals surface area contributed by atoms with Gasteiger partial charge in [-0.3, -0.25) is 0 Å². The number of amides is 2. The molecular weight excluding hydrogens is 314 g/mol. The molecule has 0 unspecified atom stereocenters. The Balaban J connectivity index is 1.49. The molecule has 0 fully saturated rings. The van der Waals surface area contributed by atoms with Crippen molar-refractivity contribution in [2.45, 2.75) is 58.5 Å². The van der Waals surface area contributed by atoms with Crippen LogP contribution in [0.5, 0.6) is 0 Å². The van der Waals surface area contributed by atoms with Gasteiger partial charge in [-0.15, -0.1) is 10.2 Å². The van der Waals surface area contributed by atoms with Crippen molar-refractivity contribution in [1.82, 2.24) is 25.4 Å². The summed E-state index contributed by atoms with van der Waals surface area (Å²) in [4.78, 5) is 12.1. The Bertz CT molecular complexity index is 724. The average Bonchev–Trinajstić information content (AvgIpc) is 3.08. The summed E-state index contributed by atoms with van der Waals surface area (Å²) in [7, 11) is 0. The number of rotatable bonds is 6. The maximum absolute atomic E-state index is 12.1. The van der Waals surface area contributed by atoms with Crippen LogP contribution < -0.4 is 10.6 Å². The molecule has 6 heteroatoms. The summed E-state index contributed by atoms with van der Waals surface area (Å²) in [5.74, 6) is 0.935. The van der Waals surface area contributed by atoms with E-state index in [1.807, 2.05) is 18.4 Å². The van der Waals surface area contributed by atoms with Crippen LogP contribution in [0.4, 0.5) is 4.79 Å². The van der Waals surface area contributed by atoms with Gasteiger partial charge in [0.05, 0.1) is 6.04 Å². The molecule has 1 atom stereocenters. The number of aromatic nitrogens is 3. The lowest BCUT2D eigenvalue weighted by Crippen LogP contribution is -2.38. The van der Waals surface area contributed by atoms with Gasteiger partial charge < -0.3 is 15.2 Å². The standard InChI is InChI=1S/C19H27N5O/c1-3-18-23-21-13-24(18)11-10-20-19(25)22-14(2)16-9-8-15-6-4-5-7-17(15)12-16/h8-9,12-14H,3-7,10-11H2,1-2H3,(H2,20,22,25)/t14-/m0/s1. The fourth-order valence-corrected chi connectivity index (χ4v) is 3.38. The second-order valence-electron chi connectivity index (χ2n) is 6.65. The number of hydrogen-bond acceptors (Lipinski definition) is 3. The van der Waals surface area contributed by atoms with Gasteiger partial charge in [-0.25, -0.2) is 4.79 Å². The van der Waals surface area contributed by atoms with Crippen LogP contribution in [0.25, 0.3) is 0 Å². The largest absolute Gasteiger partial charge is 0.336 e. The molecule has 2 aromatic rings. The van der Waals surface area contributed by atoms with Crippen LogP contribution in [-0.4, -0.2) is 27.3 Å². The zero-order valence-electron chi connectivity index (χ0n) is 15.1. The van der Waals surface area contributed by atoms with Crippen LogP contribution in [0.15, 0.2) is 24.5 Å². The van der Waals surface area contributed by atoms with Crippen molar-refractivity contribution in [3.8, 4) is 0 Å². The van der Waals surface area contributed by atoms with Crippen molar-refractivity contribution >= 4 is 6.03 Å². The van der Waals surface area contributed by atoms with Crippen LogP contribution in [0.3, 0.4) is 0 Å². The quantitative estimate of drug-likeness (QED) is 0.849. The van der Waals surface area contributed by atoms with E-state index >= 15 is 0 Å². The summed E-state index contributed by atoms with van der Waals surface area (Å²) in [6.07, 6.45) is 7.42. The van der Waals surface area contributed by atoms with E-state index in [0.29, 0.717) is 13.1 Å². The minimum absolute atomic E-state index is 0.00617. The van der Waals surface area contributed by atoms with Gasteiger partial charge in [-0.2, -0.15) is 0 Å². The van der Waals surface area contributed by atoms with E-state index in [1.54, 1.807) is 6.33 Å². The third kappa shape index (κ3) is 4.38. The number of carbonyl (C=O) groups is 1. The number of hydrogen-bond donors (Lipinski definition) is 2. The van der Waals surface area contributed by atoms with E-state index in [-0.39, 0.29) is 12.1 Å². The molecule has 1 heterocycles. The van der Waals surface area contributed by atoms with Gasteiger partial charge >= 0.3 is 6.03 Å². The van der Waals surface area contributed by atoms with Gasteiger partial charge in [0.1, 0.15) is 12.2 Å². The van der Waals surface area contributed by atoms with E-state index in [9.17, 15) is 4.79 Å². The molecule has 0 spiro atoms. The average molecular weight is 341 g/mol. The molecule has 2 N–H and O–H groups in total. The van der Waals surface area contributed by atoms with Gasteiger partial charge in [0, 0.05) is 19.5 Å². The molecule has 25 heavy (non-hydrogen) atoms. The van der Waals surface area contributed by atoms with Crippen molar-refractivity contribution in [2.24, 2.45) is 0 Å². The normalized spacial score (nSPS) is 14.6. The number of carbonyl (C=O) groups excluding carboxylic acids is 1. The van der Waals surface area contributed by atoms with Gasteiger partial charge in [-0.05, 0) is 49.3 Å². The molecule has 134 valence electrons. The first-order valence-electron chi connectivity index (χ1n) is 9.20. The molecule has 0 aliphatic heterocycles. The molecule has 3 rings (SSSR count). The number of benzene rings is 1. The molecule has 6 nitrogen and oxygen atoms in total. The Morgan fingerprint density at radius 2 is 2.08 bits per heavy atom. The molecule has 1 aromatic carbocycles. The first kappa shape index (κ1) is 17.5. The topological polar surface area (TPSA) is 71.8 Å². The van der Waals surface area contributed by atoms with Crippen LogP contribution in [0.1, 0.15) is 55.2 Å². The molecule has 0 radical (unpaired) electrons. The Labute approximate surface area is 149 Å². The van der Waals surface area contributed by atoms with Crippen molar-refractivity contribution in [3.05, 3.63) is 47.0 Å². The molecule has 2 amide bonds. The van der Waals surface area contributed by atoms with Crippen LogP contribution in [0.2, 0.25) is 0 Å². The van der Waals surface area contributed by atoms with E-state index < -0.39 is 0 Å². The Morgan fingerprint density at radius 1 is 1.28 bits per heavy atom. The number of urea groups is 1. The fraction of sp³-hybridized carbons (Fsp3) is 0.526. The Kier molecular flexibility index (Phi) is 5.68. The highest BCUT2D eigenvalue weighted by Gasteiger charge is 2.14. The first-order valence-corrected chi connectivity index (χ1v) is 9.20. The summed E-state index contributed by atoms with van der Waals surface area (Å²) in [6, 6.07) is 6.46. The molecule has 1 aliphatic rings. The SMILES string of the molecule is CCc1nncn1CCNC(=O)N[C@@H](C)c1ccc2c(c1)CCCC2. The molecule has 0 saturated carbocycles. The maximum atomic E-state index is 12.1. The van der Waals surface area contributed by atoms with Crippen LogP contribution >= 0.6 is 0 Å². The van der Waals surface area contributed by atoms with Crippen molar-refractivity contribution in [1.29, 1.82) is 0 Å². The minimum atomic E-state index is -0.142. The van der Waals surface area contributed by atoms with Crippen LogP contribution in [-0.2, 0) is 25.8 Å². The fourth-order valence-electron chi connectivity index (χ4n) is 3.38. The van der Waals surface area contributed by atoms with E-state index in [4.69, 9.17) is 0 Å². The smallest absolute Gasteiger partial charge is 0.315 e. The van der Waals surface area contributed by atoms with E-state index in [2.05, 4.69) is 39.0 Å². The third-order valence-electron chi connectivity index (χ3n) is 4.87. The predicted octanol–water partition coefficient (Wildman–Crippen LogP) is 2.78. The summed E-state index contributed by atoms with van der Waals surface area (Å²) in [5, 5.41) is 13.9. The summed E-state index contributed by atoms with van der Waals surface area (Å²) >= 11 is 0.